The number of nitrogens with zero attached hydrogens (tertiary/aromatic N) is 2. The summed E-state index contributed by atoms with van der Waals surface area (Å²) in [4.78, 5) is 18.8. The zero-order valence-electron chi connectivity index (χ0n) is 14.9. The second kappa shape index (κ2) is 9.01. The molecule has 3 rings (SSSR count). The molecule has 0 N–H and O–H groups in total. The summed E-state index contributed by atoms with van der Waals surface area (Å²) < 4.78 is 11.3. The zero-order valence-corrected chi connectivity index (χ0v) is 15.6. The van der Waals surface area contributed by atoms with Gasteiger partial charge in [-0.1, -0.05) is 17.7 Å². The number of likely N-dealkylation sites (tertiary alicyclic amines) is 1. The average molecular weight is 375 g/mol. The Balaban J connectivity index is 1.51. The van der Waals surface area contributed by atoms with Gasteiger partial charge in [-0.3, -0.25) is 9.78 Å². The normalized spacial score (nSPS) is 15.1. The molecule has 0 saturated carbocycles. The van der Waals surface area contributed by atoms with E-state index in [2.05, 4.69) is 4.98 Å². The van der Waals surface area contributed by atoms with Crippen LogP contribution in [0.25, 0.3) is 0 Å². The number of rotatable bonds is 6. The van der Waals surface area contributed by atoms with E-state index < -0.39 is 0 Å². The standard InChI is InChI=1S/C20H23ClN2O3/c1-2-25-19-7-6-15(13-18(19)21)20(24)23-11-8-17(9-12-23)26-14-16-5-3-4-10-22-16/h3-7,10,13,17H,2,8-9,11-12,14H2,1H3. The maximum atomic E-state index is 12.7. The van der Waals surface area contributed by atoms with E-state index in [0.29, 0.717) is 42.6 Å². The lowest BCUT2D eigenvalue weighted by atomic mass is 10.1. The molecule has 0 radical (unpaired) electrons. The van der Waals surface area contributed by atoms with Gasteiger partial charge in [0.1, 0.15) is 5.75 Å². The third-order valence-corrected chi connectivity index (χ3v) is 4.70. The van der Waals surface area contributed by atoms with E-state index >= 15 is 0 Å². The van der Waals surface area contributed by atoms with Crippen molar-refractivity contribution in [2.24, 2.45) is 0 Å². The maximum Gasteiger partial charge on any atom is 0.253 e. The van der Waals surface area contributed by atoms with Gasteiger partial charge >= 0.3 is 0 Å². The summed E-state index contributed by atoms with van der Waals surface area (Å²) in [6.07, 6.45) is 3.57. The summed E-state index contributed by atoms with van der Waals surface area (Å²) in [6.45, 7) is 4.30. The van der Waals surface area contributed by atoms with E-state index in [1.807, 2.05) is 30.0 Å². The average Bonchev–Trinajstić information content (AvgIpc) is 2.69. The monoisotopic (exact) mass is 374 g/mol. The maximum absolute atomic E-state index is 12.7. The molecule has 2 aromatic rings. The first kappa shape index (κ1) is 18.7. The molecule has 1 aliphatic heterocycles. The molecule has 0 aliphatic carbocycles. The number of carbonyl (C=O) groups excluding carboxylic acids is 1. The number of halogens is 1. The second-order valence-electron chi connectivity index (χ2n) is 6.20. The smallest absolute Gasteiger partial charge is 0.253 e. The van der Waals surface area contributed by atoms with Crippen LogP contribution in [0, 0.1) is 0 Å². The molecule has 0 spiro atoms. The van der Waals surface area contributed by atoms with Crippen molar-refractivity contribution < 1.29 is 14.3 Å². The van der Waals surface area contributed by atoms with Crippen LogP contribution in [0.5, 0.6) is 5.75 Å². The molecular weight excluding hydrogens is 352 g/mol. The fourth-order valence-corrected chi connectivity index (χ4v) is 3.24. The van der Waals surface area contributed by atoms with E-state index in [1.165, 1.54) is 0 Å². The van der Waals surface area contributed by atoms with Crippen molar-refractivity contribution in [1.82, 2.24) is 9.88 Å². The summed E-state index contributed by atoms with van der Waals surface area (Å²) in [5.41, 5.74) is 1.52. The lowest BCUT2D eigenvalue weighted by Gasteiger charge is -2.32. The van der Waals surface area contributed by atoms with Crippen LogP contribution in [0.15, 0.2) is 42.6 Å². The Morgan fingerprint density at radius 2 is 2.08 bits per heavy atom. The van der Waals surface area contributed by atoms with Crippen LogP contribution in [-0.4, -0.2) is 41.6 Å². The van der Waals surface area contributed by atoms with Crippen LogP contribution in [0.2, 0.25) is 5.02 Å². The number of aromatic nitrogens is 1. The lowest BCUT2D eigenvalue weighted by molar-refractivity contribution is -0.00160. The Kier molecular flexibility index (Phi) is 6.47. The fraction of sp³-hybridized carbons (Fsp3) is 0.400. The number of ether oxygens (including phenoxy) is 2. The fourth-order valence-electron chi connectivity index (χ4n) is 3.00. The van der Waals surface area contributed by atoms with Crippen LogP contribution in [-0.2, 0) is 11.3 Å². The molecule has 1 fully saturated rings. The van der Waals surface area contributed by atoms with Crippen molar-refractivity contribution in [1.29, 1.82) is 0 Å². The summed E-state index contributed by atoms with van der Waals surface area (Å²) >= 11 is 6.19. The number of piperidine rings is 1. The van der Waals surface area contributed by atoms with Gasteiger partial charge in [0.05, 0.1) is 30.0 Å². The highest BCUT2D eigenvalue weighted by atomic mass is 35.5. The van der Waals surface area contributed by atoms with E-state index in [1.54, 1.807) is 24.4 Å². The van der Waals surface area contributed by atoms with E-state index in [0.717, 1.165) is 18.5 Å². The zero-order chi connectivity index (χ0) is 18.4. The van der Waals surface area contributed by atoms with E-state index in [4.69, 9.17) is 21.1 Å². The highest BCUT2D eigenvalue weighted by Gasteiger charge is 2.24. The quantitative estimate of drug-likeness (QED) is 0.768. The van der Waals surface area contributed by atoms with Gasteiger partial charge in [-0.15, -0.1) is 0 Å². The minimum Gasteiger partial charge on any atom is -0.492 e. The van der Waals surface area contributed by atoms with Crippen LogP contribution in [0.1, 0.15) is 35.8 Å². The number of amides is 1. The highest BCUT2D eigenvalue weighted by molar-refractivity contribution is 6.32. The van der Waals surface area contributed by atoms with Gasteiger partial charge < -0.3 is 14.4 Å². The molecule has 2 heterocycles. The molecule has 0 atom stereocenters. The Labute approximate surface area is 158 Å². The van der Waals surface area contributed by atoms with Crippen molar-refractivity contribution in [3.63, 3.8) is 0 Å². The van der Waals surface area contributed by atoms with Crippen molar-refractivity contribution in [3.8, 4) is 5.75 Å². The van der Waals surface area contributed by atoms with Crippen molar-refractivity contribution in [3.05, 3.63) is 58.9 Å². The largest absolute Gasteiger partial charge is 0.492 e. The number of carbonyl (C=O) groups is 1. The van der Waals surface area contributed by atoms with Crippen LogP contribution in [0.3, 0.4) is 0 Å². The summed E-state index contributed by atoms with van der Waals surface area (Å²) in [7, 11) is 0. The molecule has 0 bridgehead atoms. The molecule has 5 nitrogen and oxygen atoms in total. The SMILES string of the molecule is CCOc1ccc(C(=O)N2CCC(OCc3ccccn3)CC2)cc1Cl. The molecule has 1 aromatic carbocycles. The molecule has 26 heavy (non-hydrogen) atoms. The van der Waals surface area contributed by atoms with E-state index in [-0.39, 0.29) is 12.0 Å². The van der Waals surface area contributed by atoms with Crippen LogP contribution >= 0.6 is 11.6 Å². The second-order valence-corrected chi connectivity index (χ2v) is 6.61. The van der Waals surface area contributed by atoms with Gasteiger partial charge in [0, 0.05) is 24.8 Å². The molecule has 1 aliphatic rings. The predicted octanol–water partition coefficient (Wildman–Crippen LogP) is 3.96. The summed E-state index contributed by atoms with van der Waals surface area (Å²) in [5, 5.41) is 0.464. The van der Waals surface area contributed by atoms with Crippen molar-refractivity contribution in [2.45, 2.75) is 32.5 Å². The molecule has 6 heteroatoms. The van der Waals surface area contributed by atoms with Gasteiger partial charge in [0.2, 0.25) is 0 Å². The third-order valence-electron chi connectivity index (χ3n) is 4.40. The Morgan fingerprint density at radius 3 is 2.73 bits per heavy atom. The van der Waals surface area contributed by atoms with Gasteiger partial charge in [-0.25, -0.2) is 0 Å². The first-order valence-corrected chi connectivity index (χ1v) is 9.28. The molecular formula is C20H23ClN2O3. The van der Waals surface area contributed by atoms with Gasteiger partial charge in [0.15, 0.2) is 0 Å². The predicted molar refractivity (Wildman–Crippen MR) is 101 cm³/mol. The lowest BCUT2D eigenvalue weighted by Crippen LogP contribution is -2.40. The van der Waals surface area contributed by atoms with Crippen LogP contribution < -0.4 is 4.74 Å². The van der Waals surface area contributed by atoms with Gasteiger partial charge in [-0.2, -0.15) is 0 Å². The van der Waals surface area contributed by atoms with Crippen molar-refractivity contribution in [2.75, 3.05) is 19.7 Å². The Morgan fingerprint density at radius 1 is 1.27 bits per heavy atom. The minimum absolute atomic E-state index is 0.00174. The third kappa shape index (κ3) is 4.74. The number of hydrogen-bond acceptors (Lipinski definition) is 4. The number of hydrogen-bond donors (Lipinski definition) is 0. The first-order valence-electron chi connectivity index (χ1n) is 8.90. The molecule has 138 valence electrons. The minimum atomic E-state index is -0.00174. The Bertz CT molecular complexity index is 731. The molecule has 1 aromatic heterocycles. The van der Waals surface area contributed by atoms with E-state index in [9.17, 15) is 4.79 Å². The molecule has 1 saturated heterocycles. The molecule has 1 amide bonds. The highest BCUT2D eigenvalue weighted by Crippen LogP contribution is 2.26. The van der Waals surface area contributed by atoms with Gasteiger partial charge in [-0.05, 0) is 50.1 Å². The van der Waals surface area contributed by atoms with Crippen molar-refractivity contribution >= 4 is 17.5 Å². The van der Waals surface area contributed by atoms with Crippen LogP contribution in [0.4, 0.5) is 0 Å². The number of benzene rings is 1. The van der Waals surface area contributed by atoms with Gasteiger partial charge in [0.25, 0.3) is 5.91 Å². The Hall–Kier alpha value is -2.11. The molecule has 0 unspecified atom stereocenters. The summed E-state index contributed by atoms with van der Waals surface area (Å²) in [6, 6.07) is 11.0. The first-order chi connectivity index (χ1) is 12.7. The summed E-state index contributed by atoms with van der Waals surface area (Å²) in [5.74, 6) is 0.602. The number of pyridine rings is 1. The topological polar surface area (TPSA) is 51.7 Å².